The number of piperazine rings is 1. The Morgan fingerprint density at radius 1 is 1.13 bits per heavy atom. The molecule has 0 atom stereocenters. The van der Waals surface area contributed by atoms with Gasteiger partial charge in [-0.25, -0.2) is 0 Å². The minimum absolute atomic E-state index is 0.438. The topological polar surface area (TPSA) is 15.7 Å². The SMILES string of the molecule is CCCN1CCN(C2(COC)CC2)CC1. The van der Waals surface area contributed by atoms with Gasteiger partial charge in [0.25, 0.3) is 0 Å². The lowest BCUT2D eigenvalue weighted by Gasteiger charge is -2.39. The summed E-state index contributed by atoms with van der Waals surface area (Å²) in [6.07, 6.45) is 3.96. The third-order valence-electron chi connectivity index (χ3n) is 3.82. The molecule has 2 rings (SSSR count). The average molecular weight is 212 g/mol. The summed E-state index contributed by atoms with van der Waals surface area (Å²) in [5, 5.41) is 0. The van der Waals surface area contributed by atoms with E-state index in [0.717, 1.165) is 6.61 Å². The highest BCUT2D eigenvalue weighted by Gasteiger charge is 2.48. The van der Waals surface area contributed by atoms with Crippen LogP contribution >= 0.6 is 0 Å². The van der Waals surface area contributed by atoms with Crippen molar-refractivity contribution in [3.63, 3.8) is 0 Å². The molecule has 0 spiro atoms. The number of rotatable bonds is 5. The Morgan fingerprint density at radius 2 is 1.80 bits per heavy atom. The molecule has 15 heavy (non-hydrogen) atoms. The molecule has 1 aliphatic carbocycles. The van der Waals surface area contributed by atoms with Crippen LogP contribution in [0.2, 0.25) is 0 Å². The minimum Gasteiger partial charge on any atom is -0.383 e. The van der Waals surface area contributed by atoms with Crippen molar-refractivity contribution >= 4 is 0 Å². The van der Waals surface area contributed by atoms with E-state index in [2.05, 4.69) is 16.7 Å². The third kappa shape index (κ3) is 2.52. The van der Waals surface area contributed by atoms with Crippen LogP contribution in [0, 0.1) is 0 Å². The Labute approximate surface area is 93.4 Å². The van der Waals surface area contributed by atoms with Crippen molar-refractivity contribution in [2.75, 3.05) is 46.4 Å². The zero-order valence-electron chi connectivity index (χ0n) is 10.2. The van der Waals surface area contributed by atoms with Crippen molar-refractivity contribution in [3.8, 4) is 0 Å². The molecule has 3 nitrogen and oxygen atoms in total. The predicted octanol–water partition coefficient (Wildman–Crippen LogP) is 1.19. The number of hydrogen-bond acceptors (Lipinski definition) is 3. The molecule has 0 bridgehead atoms. The van der Waals surface area contributed by atoms with Crippen LogP contribution < -0.4 is 0 Å². The summed E-state index contributed by atoms with van der Waals surface area (Å²) in [5.74, 6) is 0. The monoisotopic (exact) mass is 212 g/mol. The fraction of sp³-hybridized carbons (Fsp3) is 1.00. The first-order chi connectivity index (χ1) is 7.30. The van der Waals surface area contributed by atoms with Crippen LogP contribution in [0.5, 0.6) is 0 Å². The molecule has 1 heterocycles. The van der Waals surface area contributed by atoms with Crippen molar-refractivity contribution < 1.29 is 4.74 Å². The number of nitrogens with zero attached hydrogens (tertiary/aromatic N) is 2. The van der Waals surface area contributed by atoms with Gasteiger partial charge in [-0.1, -0.05) is 6.92 Å². The second-order valence-electron chi connectivity index (χ2n) is 4.99. The van der Waals surface area contributed by atoms with Gasteiger partial charge in [0.05, 0.1) is 6.61 Å². The molecular formula is C12H24N2O. The first kappa shape index (κ1) is 11.4. The van der Waals surface area contributed by atoms with Gasteiger partial charge in [0.1, 0.15) is 0 Å². The van der Waals surface area contributed by atoms with Gasteiger partial charge in [-0.2, -0.15) is 0 Å². The van der Waals surface area contributed by atoms with Gasteiger partial charge in [-0.3, -0.25) is 4.90 Å². The Bertz CT molecular complexity index is 196. The number of methoxy groups -OCH3 is 1. The number of hydrogen-bond donors (Lipinski definition) is 0. The molecule has 0 radical (unpaired) electrons. The van der Waals surface area contributed by atoms with Crippen molar-refractivity contribution in [2.45, 2.75) is 31.7 Å². The molecule has 1 aliphatic heterocycles. The summed E-state index contributed by atoms with van der Waals surface area (Å²) in [4.78, 5) is 5.24. The van der Waals surface area contributed by atoms with E-state index in [1.54, 1.807) is 0 Å². The summed E-state index contributed by atoms with van der Waals surface area (Å²) in [6.45, 7) is 9.44. The smallest absolute Gasteiger partial charge is 0.0646 e. The second kappa shape index (κ2) is 4.81. The zero-order chi connectivity index (χ0) is 10.7. The molecule has 0 N–H and O–H groups in total. The highest BCUT2D eigenvalue weighted by Crippen LogP contribution is 2.42. The Hall–Kier alpha value is -0.120. The largest absolute Gasteiger partial charge is 0.383 e. The summed E-state index contributed by atoms with van der Waals surface area (Å²) in [7, 11) is 1.83. The van der Waals surface area contributed by atoms with E-state index in [1.807, 2.05) is 7.11 Å². The van der Waals surface area contributed by atoms with Gasteiger partial charge in [0, 0.05) is 38.8 Å². The van der Waals surface area contributed by atoms with E-state index >= 15 is 0 Å². The van der Waals surface area contributed by atoms with E-state index in [1.165, 1.54) is 52.0 Å². The maximum absolute atomic E-state index is 5.34. The first-order valence-electron chi connectivity index (χ1n) is 6.27. The van der Waals surface area contributed by atoms with Gasteiger partial charge in [-0.15, -0.1) is 0 Å². The van der Waals surface area contributed by atoms with Gasteiger partial charge in [0.15, 0.2) is 0 Å². The Balaban J connectivity index is 1.78. The molecule has 1 saturated heterocycles. The van der Waals surface area contributed by atoms with Crippen LogP contribution in [0.3, 0.4) is 0 Å². The summed E-state index contributed by atoms with van der Waals surface area (Å²) >= 11 is 0. The van der Waals surface area contributed by atoms with E-state index < -0.39 is 0 Å². The summed E-state index contributed by atoms with van der Waals surface area (Å²) in [6, 6.07) is 0. The van der Waals surface area contributed by atoms with Crippen LogP contribution in [0.1, 0.15) is 26.2 Å². The van der Waals surface area contributed by atoms with Gasteiger partial charge >= 0.3 is 0 Å². The Kier molecular flexibility index (Phi) is 3.65. The molecule has 1 saturated carbocycles. The van der Waals surface area contributed by atoms with Crippen LogP contribution in [-0.4, -0.2) is 61.8 Å². The normalized spacial score (nSPS) is 26.8. The fourth-order valence-corrected chi connectivity index (χ4v) is 2.73. The van der Waals surface area contributed by atoms with Crippen molar-refractivity contribution in [1.82, 2.24) is 9.80 Å². The molecule has 3 heteroatoms. The lowest BCUT2D eigenvalue weighted by atomic mass is 10.2. The average Bonchev–Trinajstić information content (AvgIpc) is 3.01. The fourth-order valence-electron chi connectivity index (χ4n) is 2.73. The molecule has 88 valence electrons. The summed E-state index contributed by atoms with van der Waals surface area (Å²) in [5.41, 5.74) is 0.438. The first-order valence-corrected chi connectivity index (χ1v) is 6.27. The van der Waals surface area contributed by atoms with Crippen molar-refractivity contribution in [3.05, 3.63) is 0 Å². The molecule has 0 unspecified atom stereocenters. The molecule has 2 fully saturated rings. The van der Waals surface area contributed by atoms with E-state index in [4.69, 9.17) is 4.74 Å². The van der Waals surface area contributed by atoms with E-state index in [9.17, 15) is 0 Å². The van der Waals surface area contributed by atoms with Crippen molar-refractivity contribution in [2.24, 2.45) is 0 Å². The van der Waals surface area contributed by atoms with Gasteiger partial charge < -0.3 is 9.64 Å². The maximum Gasteiger partial charge on any atom is 0.0646 e. The van der Waals surface area contributed by atoms with Crippen molar-refractivity contribution in [1.29, 1.82) is 0 Å². The highest BCUT2D eigenvalue weighted by atomic mass is 16.5. The quantitative estimate of drug-likeness (QED) is 0.681. The van der Waals surface area contributed by atoms with Gasteiger partial charge in [-0.05, 0) is 25.8 Å². The lowest BCUT2D eigenvalue weighted by molar-refractivity contribution is 0.0365. The molecule has 0 aromatic rings. The molecular weight excluding hydrogens is 188 g/mol. The zero-order valence-corrected chi connectivity index (χ0v) is 10.2. The Morgan fingerprint density at radius 3 is 2.27 bits per heavy atom. The second-order valence-corrected chi connectivity index (χ2v) is 4.99. The van der Waals surface area contributed by atoms with Gasteiger partial charge in [0.2, 0.25) is 0 Å². The van der Waals surface area contributed by atoms with E-state index in [-0.39, 0.29) is 0 Å². The molecule has 0 amide bonds. The minimum atomic E-state index is 0.438. The van der Waals surface area contributed by atoms with Crippen LogP contribution in [0.15, 0.2) is 0 Å². The maximum atomic E-state index is 5.34. The number of ether oxygens (including phenoxy) is 1. The van der Waals surface area contributed by atoms with Crippen LogP contribution in [0.4, 0.5) is 0 Å². The predicted molar refractivity (Wildman–Crippen MR) is 62.1 cm³/mol. The molecule has 2 aliphatic rings. The van der Waals surface area contributed by atoms with Crippen LogP contribution in [0.25, 0.3) is 0 Å². The van der Waals surface area contributed by atoms with Crippen LogP contribution in [-0.2, 0) is 4.74 Å². The summed E-state index contributed by atoms with van der Waals surface area (Å²) < 4.78 is 5.34. The highest BCUT2D eigenvalue weighted by molar-refractivity contribution is 5.04. The van der Waals surface area contributed by atoms with E-state index in [0.29, 0.717) is 5.54 Å². The molecule has 0 aromatic carbocycles. The third-order valence-corrected chi connectivity index (χ3v) is 3.82. The lowest BCUT2D eigenvalue weighted by Crippen LogP contribution is -2.52. The molecule has 0 aromatic heterocycles. The standard InChI is InChI=1S/C12H24N2O/c1-3-6-13-7-9-14(10-8-13)12(4-5-12)11-15-2/h3-11H2,1-2H3.